The van der Waals surface area contributed by atoms with Gasteiger partial charge in [0.15, 0.2) is 0 Å². The van der Waals surface area contributed by atoms with E-state index >= 15 is 0 Å². The van der Waals surface area contributed by atoms with Crippen molar-refractivity contribution in [3.8, 4) is 0 Å². The number of nitrogens with two attached hydrogens (primary N) is 1. The van der Waals surface area contributed by atoms with Crippen LogP contribution in [-0.2, 0) is 4.79 Å². The first-order valence-electron chi connectivity index (χ1n) is 6.05. The lowest BCUT2D eigenvalue weighted by molar-refractivity contribution is -0.130. The van der Waals surface area contributed by atoms with E-state index in [0.29, 0.717) is 11.4 Å². The second-order valence-electron chi connectivity index (χ2n) is 4.60. The summed E-state index contributed by atoms with van der Waals surface area (Å²) in [5.74, 6) is -0.220. The summed E-state index contributed by atoms with van der Waals surface area (Å²) in [5.41, 5.74) is 6.46. The Morgan fingerprint density at radius 3 is 2.67 bits per heavy atom. The highest BCUT2D eigenvalue weighted by Crippen LogP contribution is 2.10. The molecule has 0 aliphatic carbocycles. The first-order chi connectivity index (χ1) is 8.58. The molecule has 3 N–H and O–H groups in total. The SMILES string of the molecule is CN(CC(=O)N1CCCC1)C(=O)c1cc(N)c[nH]1. The van der Waals surface area contributed by atoms with Crippen LogP contribution in [0.4, 0.5) is 5.69 Å². The summed E-state index contributed by atoms with van der Waals surface area (Å²) in [6, 6.07) is 1.57. The molecule has 2 rings (SSSR count). The molecule has 2 heterocycles. The predicted octanol–water partition coefficient (Wildman–Crippen LogP) is 0.291. The molecule has 18 heavy (non-hydrogen) atoms. The number of anilines is 1. The molecule has 0 bridgehead atoms. The molecule has 1 saturated heterocycles. The van der Waals surface area contributed by atoms with Gasteiger partial charge in [-0.1, -0.05) is 0 Å². The van der Waals surface area contributed by atoms with Gasteiger partial charge in [-0.3, -0.25) is 9.59 Å². The van der Waals surface area contributed by atoms with Crippen molar-refractivity contribution in [3.63, 3.8) is 0 Å². The van der Waals surface area contributed by atoms with Gasteiger partial charge < -0.3 is 20.5 Å². The Kier molecular flexibility index (Phi) is 3.55. The van der Waals surface area contributed by atoms with E-state index in [0.717, 1.165) is 25.9 Å². The summed E-state index contributed by atoms with van der Waals surface area (Å²) < 4.78 is 0. The summed E-state index contributed by atoms with van der Waals surface area (Å²) >= 11 is 0. The third-order valence-electron chi connectivity index (χ3n) is 3.11. The van der Waals surface area contributed by atoms with Gasteiger partial charge in [0.2, 0.25) is 5.91 Å². The first-order valence-corrected chi connectivity index (χ1v) is 6.05. The fraction of sp³-hybridized carbons (Fsp3) is 0.500. The predicted molar refractivity (Wildman–Crippen MR) is 68.0 cm³/mol. The number of carbonyl (C=O) groups is 2. The third-order valence-corrected chi connectivity index (χ3v) is 3.11. The minimum atomic E-state index is -0.223. The van der Waals surface area contributed by atoms with Crippen molar-refractivity contribution in [2.45, 2.75) is 12.8 Å². The van der Waals surface area contributed by atoms with Crippen molar-refractivity contribution in [1.29, 1.82) is 0 Å². The van der Waals surface area contributed by atoms with Crippen molar-refractivity contribution >= 4 is 17.5 Å². The molecule has 0 unspecified atom stereocenters. The highest BCUT2D eigenvalue weighted by Gasteiger charge is 2.22. The topological polar surface area (TPSA) is 82.4 Å². The Morgan fingerprint density at radius 2 is 2.11 bits per heavy atom. The Morgan fingerprint density at radius 1 is 1.44 bits per heavy atom. The van der Waals surface area contributed by atoms with Crippen molar-refractivity contribution in [2.24, 2.45) is 0 Å². The lowest BCUT2D eigenvalue weighted by Gasteiger charge is -2.20. The molecule has 1 aliphatic heterocycles. The second-order valence-corrected chi connectivity index (χ2v) is 4.60. The molecule has 0 atom stereocenters. The van der Waals surface area contributed by atoms with E-state index in [2.05, 4.69) is 4.98 Å². The number of likely N-dealkylation sites (N-methyl/N-ethyl adjacent to an activating group) is 1. The lowest BCUT2D eigenvalue weighted by Crippen LogP contribution is -2.39. The average molecular weight is 250 g/mol. The van der Waals surface area contributed by atoms with Crippen molar-refractivity contribution < 1.29 is 9.59 Å². The quantitative estimate of drug-likeness (QED) is 0.809. The van der Waals surface area contributed by atoms with Gasteiger partial charge in [0.05, 0.1) is 6.54 Å². The number of hydrogen-bond donors (Lipinski definition) is 2. The number of rotatable bonds is 3. The molecule has 0 spiro atoms. The molecular formula is C12H18N4O2. The zero-order chi connectivity index (χ0) is 13.1. The molecule has 1 aliphatic rings. The molecule has 1 aromatic rings. The number of aromatic amines is 1. The molecule has 0 aromatic carbocycles. The van der Waals surface area contributed by atoms with Crippen LogP contribution in [0, 0.1) is 0 Å². The molecule has 1 fully saturated rings. The summed E-state index contributed by atoms with van der Waals surface area (Å²) in [5, 5.41) is 0. The molecule has 2 amide bonds. The van der Waals surface area contributed by atoms with Gasteiger partial charge in [-0.15, -0.1) is 0 Å². The van der Waals surface area contributed by atoms with Crippen LogP contribution in [-0.4, -0.2) is 53.3 Å². The highest BCUT2D eigenvalue weighted by molar-refractivity contribution is 5.95. The second kappa shape index (κ2) is 5.12. The average Bonchev–Trinajstić information content (AvgIpc) is 2.98. The Labute approximate surface area is 106 Å². The largest absolute Gasteiger partial charge is 0.397 e. The van der Waals surface area contributed by atoms with Crippen molar-refractivity contribution in [2.75, 3.05) is 32.4 Å². The Hall–Kier alpha value is -1.98. The molecule has 0 saturated carbocycles. The molecule has 0 radical (unpaired) electrons. The number of nitrogens with zero attached hydrogens (tertiary/aromatic N) is 2. The molecule has 6 heteroatoms. The number of amides is 2. The molecule has 1 aromatic heterocycles. The smallest absolute Gasteiger partial charge is 0.270 e. The van der Waals surface area contributed by atoms with Gasteiger partial charge >= 0.3 is 0 Å². The van der Waals surface area contributed by atoms with Crippen LogP contribution in [0.15, 0.2) is 12.3 Å². The number of likely N-dealkylation sites (tertiary alicyclic amines) is 1. The van der Waals surface area contributed by atoms with Gasteiger partial charge in [-0.05, 0) is 18.9 Å². The Balaban J connectivity index is 1.92. The molecule has 98 valence electrons. The van der Waals surface area contributed by atoms with E-state index in [1.165, 1.54) is 4.90 Å². The monoisotopic (exact) mass is 250 g/mol. The summed E-state index contributed by atoms with van der Waals surface area (Å²) in [7, 11) is 1.62. The fourth-order valence-corrected chi connectivity index (χ4v) is 2.08. The number of hydrogen-bond acceptors (Lipinski definition) is 3. The normalized spacial score (nSPS) is 14.8. The van der Waals surface area contributed by atoms with Crippen LogP contribution in [0.1, 0.15) is 23.3 Å². The highest BCUT2D eigenvalue weighted by atomic mass is 16.2. The summed E-state index contributed by atoms with van der Waals surface area (Å²) in [6.45, 7) is 1.71. The number of aromatic nitrogens is 1. The summed E-state index contributed by atoms with van der Waals surface area (Å²) in [4.78, 5) is 29.9. The minimum absolute atomic E-state index is 0.00266. The van der Waals surface area contributed by atoms with E-state index in [1.54, 1.807) is 24.2 Å². The molecule has 6 nitrogen and oxygen atoms in total. The summed E-state index contributed by atoms with van der Waals surface area (Å²) in [6.07, 6.45) is 3.66. The Bertz CT molecular complexity index is 449. The fourth-order valence-electron chi connectivity index (χ4n) is 2.08. The standard InChI is InChI=1S/C12H18N4O2/c1-15(8-11(17)16-4-2-3-5-16)12(18)10-6-9(13)7-14-10/h6-7,14H,2-5,8,13H2,1H3. The van der Waals surface area contributed by atoms with Gasteiger partial charge in [0.1, 0.15) is 5.69 Å². The lowest BCUT2D eigenvalue weighted by atomic mass is 10.3. The maximum absolute atomic E-state index is 12.0. The zero-order valence-electron chi connectivity index (χ0n) is 10.5. The van der Waals surface area contributed by atoms with E-state index in [9.17, 15) is 9.59 Å². The maximum atomic E-state index is 12.0. The van der Waals surface area contributed by atoms with Crippen LogP contribution in [0.2, 0.25) is 0 Å². The van der Waals surface area contributed by atoms with Crippen LogP contribution >= 0.6 is 0 Å². The number of carbonyl (C=O) groups excluding carboxylic acids is 2. The van der Waals surface area contributed by atoms with Gasteiger partial charge in [-0.2, -0.15) is 0 Å². The maximum Gasteiger partial charge on any atom is 0.270 e. The molecular weight excluding hydrogens is 232 g/mol. The van der Waals surface area contributed by atoms with E-state index in [1.807, 2.05) is 0 Å². The van der Waals surface area contributed by atoms with Crippen LogP contribution in [0.25, 0.3) is 0 Å². The minimum Gasteiger partial charge on any atom is -0.397 e. The van der Waals surface area contributed by atoms with Crippen molar-refractivity contribution in [3.05, 3.63) is 18.0 Å². The van der Waals surface area contributed by atoms with Gasteiger partial charge in [-0.25, -0.2) is 0 Å². The van der Waals surface area contributed by atoms with Crippen LogP contribution < -0.4 is 5.73 Å². The number of H-pyrrole nitrogens is 1. The number of nitrogen functional groups attached to an aromatic ring is 1. The van der Waals surface area contributed by atoms with Crippen LogP contribution in [0.5, 0.6) is 0 Å². The first kappa shape index (κ1) is 12.5. The van der Waals surface area contributed by atoms with Gasteiger partial charge in [0.25, 0.3) is 5.91 Å². The van der Waals surface area contributed by atoms with Crippen molar-refractivity contribution in [1.82, 2.24) is 14.8 Å². The third kappa shape index (κ3) is 2.64. The van der Waals surface area contributed by atoms with E-state index in [4.69, 9.17) is 5.73 Å². The van der Waals surface area contributed by atoms with E-state index < -0.39 is 0 Å². The van der Waals surface area contributed by atoms with Gasteiger partial charge in [0, 0.05) is 32.0 Å². The van der Waals surface area contributed by atoms with Crippen LogP contribution in [0.3, 0.4) is 0 Å². The number of nitrogens with one attached hydrogen (secondary N) is 1. The van der Waals surface area contributed by atoms with E-state index in [-0.39, 0.29) is 18.4 Å². The zero-order valence-corrected chi connectivity index (χ0v) is 10.5.